The van der Waals surface area contributed by atoms with Crippen molar-refractivity contribution in [1.29, 1.82) is 0 Å². The van der Waals surface area contributed by atoms with Crippen LogP contribution in [-0.4, -0.2) is 48.4 Å². The second-order valence-electron chi connectivity index (χ2n) is 6.92. The average Bonchev–Trinajstić information content (AvgIpc) is 3.24. The Hall–Kier alpha value is -3.26. The molecule has 0 aliphatic heterocycles. The van der Waals surface area contributed by atoms with Crippen LogP contribution in [0, 0.1) is 0 Å². The van der Waals surface area contributed by atoms with Crippen LogP contribution in [0.2, 0.25) is 5.02 Å². The first kappa shape index (κ1) is 22.4. The van der Waals surface area contributed by atoms with E-state index in [4.69, 9.17) is 30.2 Å². The van der Waals surface area contributed by atoms with E-state index in [-0.39, 0.29) is 24.4 Å². The molecule has 0 unspecified atom stereocenters. The Balaban J connectivity index is 1.92. The Bertz CT molecular complexity index is 1070. The number of aromatic nitrogens is 2. The van der Waals surface area contributed by atoms with Crippen LogP contribution in [0.1, 0.15) is 30.1 Å². The fraction of sp³-hybridized carbons (Fsp3) is 0.318. The molecule has 1 heterocycles. The van der Waals surface area contributed by atoms with Crippen LogP contribution in [0.5, 0.6) is 17.2 Å². The minimum Gasteiger partial charge on any atom is -0.496 e. The minimum atomic E-state index is -0.273. The van der Waals surface area contributed by atoms with Gasteiger partial charge in [-0.1, -0.05) is 23.7 Å². The van der Waals surface area contributed by atoms with E-state index in [1.807, 2.05) is 26.0 Å². The van der Waals surface area contributed by atoms with E-state index in [0.717, 1.165) is 0 Å². The number of hydrogen-bond donors (Lipinski definition) is 0. The molecule has 0 aliphatic rings. The molecule has 0 aliphatic carbocycles. The summed E-state index contributed by atoms with van der Waals surface area (Å²) < 4.78 is 21.8. The molecule has 1 aromatic heterocycles. The van der Waals surface area contributed by atoms with Gasteiger partial charge in [0.25, 0.3) is 5.91 Å². The van der Waals surface area contributed by atoms with Crippen molar-refractivity contribution in [3.63, 3.8) is 0 Å². The van der Waals surface area contributed by atoms with Crippen molar-refractivity contribution in [3.05, 3.63) is 52.9 Å². The largest absolute Gasteiger partial charge is 0.496 e. The highest BCUT2D eigenvalue weighted by molar-refractivity contribution is 6.33. The van der Waals surface area contributed by atoms with Crippen LogP contribution in [0.25, 0.3) is 11.5 Å². The van der Waals surface area contributed by atoms with Crippen LogP contribution in [0.15, 0.2) is 40.8 Å². The van der Waals surface area contributed by atoms with Crippen molar-refractivity contribution in [3.8, 4) is 28.7 Å². The number of rotatable bonds is 8. The van der Waals surface area contributed by atoms with Gasteiger partial charge in [0.1, 0.15) is 5.75 Å². The Morgan fingerprint density at radius 3 is 2.29 bits per heavy atom. The molecule has 9 heteroatoms. The van der Waals surface area contributed by atoms with E-state index in [1.54, 1.807) is 29.2 Å². The molecule has 0 saturated heterocycles. The smallest absolute Gasteiger partial charge is 0.258 e. The van der Waals surface area contributed by atoms with Crippen LogP contribution in [-0.2, 0) is 6.54 Å². The van der Waals surface area contributed by atoms with Crippen molar-refractivity contribution in [1.82, 2.24) is 15.1 Å². The second-order valence-corrected chi connectivity index (χ2v) is 7.32. The molecule has 0 radical (unpaired) electrons. The highest BCUT2D eigenvalue weighted by atomic mass is 35.5. The van der Waals surface area contributed by atoms with Gasteiger partial charge in [-0.2, -0.15) is 0 Å². The van der Waals surface area contributed by atoms with Gasteiger partial charge in [0.2, 0.25) is 11.8 Å². The number of nitrogens with zero attached hydrogens (tertiary/aromatic N) is 3. The number of amides is 1. The Labute approximate surface area is 185 Å². The third kappa shape index (κ3) is 4.74. The zero-order chi connectivity index (χ0) is 22.5. The van der Waals surface area contributed by atoms with Crippen molar-refractivity contribution < 1.29 is 23.4 Å². The van der Waals surface area contributed by atoms with E-state index in [0.29, 0.717) is 39.3 Å². The lowest BCUT2D eigenvalue weighted by Crippen LogP contribution is -2.36. The quantitative estimate of drug-likeness (QED) is 0.505. The molecule has 0 fully saturated rings. The summed E-state index contributed by atoms with van der Waals surface area (Å²) >= 11 is 6.21. The zero-order valence-corrected chi connectivity index (χ0v) is 18.8. The maximum atomic E-state index is 13.4. The molecular weight excluding hydrogens is 422 g/mol. The lowest BCUT2D eigenvalue weighted by atomic mass is 10.1. The van der Waals surface area contributed by atoms with Crippen molar-refractivity contribution in [2.75, 3.05) is 21.3 Å². The minimum absolute atomic E-state index is 0.117. The number of carbonyl (C=O) groups is 1. The van der Waals surface area contributed by atoms with E-state index >= 15 is 0 Å². The number of hydrogen-bond acceptors (Lipinski definition) is 7. The van der Waals surface area contributed by atoms with E-state index in [9.17, 15) is 4.79 Å². The highest BCUT2D eigenvalue weighted by Crippen LogP contribution is 2.35. The van der Waals surface area contributed by atoms with Gasteiger partial charge in [-0.05, 0) is 26.0 Å². The predicted molar refractivity (Wildman–Crippen MR) is 116 cm³/mol. The fourth-order valence-electron chi connectivity index (χ4n) is 3.05. The molecular formula is C22H24ClN3O5. The Kier molecular flexibility index (Phi) is 7.02. The second kappa shape index (κ2) is 9.70. The molecule has 0 saturated carbocycles. The van der Waals surface area contributed by atoms with Crippen LogP contribution in [0.3, 0.4) is 0 Å². The predicted octanol–water partition coefficient (Wildman–Crippen LogP) is 4.47. The van der Waals surface area contributed by atoms with Crippen molar-refractivity contribution in [2.24, 2.45) is 0 Å². The molecule has 3 aromatic rings. The molecule has 2 aromatic carbocycles. The summed E-state index contributed by atoms with van der Waals surface area (Å²) in [5, 5.41) is 8.67. The van der Waals surface area contributed by atoms with Gasteiger partial charge in [-0.25, -0.2) is 0 Å². The van der Waals surface area contributed by atoms with Crippen molar-refractivity contribution in [2.45, 2.75) is 26.4 Å². The van der Waals surface area contributed by atoms with Gasteiger partial charge in [-0.3, -0.25) is 4.79 Å². The molecule has 1 amide bonds. The summed E-state index contributed by atoms with van der Waals surface area (Å²) in [5.41, 5.74) is 0.964. The number of ether oxygens (including phenoxy) is 3. The fourth-order valence-corrected chi connectivity index (χ4v) is 3.26. The summed E-state index contributed by atoms with van der Waals surface area (Å²) in [7, 11) is 4.52. The van der Waals surface area contributed by atoms with Crippen LogP contribution in [0.4, 0.5) is 0 Å². The van der Waals surface area contributed by atoms with Gasteiger partial charge in [0, 0.05) is 18.2 Å². The first-order valence-electron chi connectivity index (χ1n) is 9.57. The maximum absolute atomic E-state index is 13.4. The SMILES string of the molecule is COc1cc(OC)c(C(=O)N(Cc2nnc(-c3ccccc3Cl)o2)C(C)C)cc1OC. The number of halogens is 1. The highest BCUT2D eigenvalue weighted by Gasteiger charge is 2.26. The number of methoxy groups -OCH3 is 3. The van der Waals surface area contributed by atoms with Crippen molar-refractivity contribution >= 4 is 17.5 Å². The standard InChI is InChI=1S/C22H24ClN3O5/c1-13(2)26(12-20-24-25-21(31-20)14-8-6-7-9-16(14)23)22(27)15-10-18(29-4)19(30-5)11-17(15)28-3/h6-11,13H,12H2,1-5H3. The zero-order valence-electron chi connectivity index (χ0n) is 18.0. The Morgan fingerprint density at radius 1 is 1.03 bits per heavy atom. The van der Waals surface area contributed by atoms with Crippen LogP contribution < -0.4 is 14.2 Å². The lowest BCUT2D eigenvalue weighted by Gasteiger charge is -2.26. The van der Waals surface area contributed by atoms with Gasteiger partial charge < -0.3 is 23.5 Å². The summed E-state index contributed by atoms with van der Waals surface area (Å²) in [5.74, 6) is 1.57. The van der Waals surface area contributed by atoms with Gasteiger partial charge >= 0.3 is 0 Å². The van der Waals surface area contributed by atoms with Gasteiger partial charge in [-0.15, -0.1) is 10.2 Å². The molecule has 0 N–H and O–H groups in total. The molecule has 164 valence electrons. The third-order valence-corrected chi connectivity index (χ3v) is 5.03. The molecule has 0 spiro atoms. The van der Waals surface area contributed by atoms with E-state index < -0.39 is 0 Å². The van der Waals surface area contributed by atoms with E-state index in [1.165, 1.54) is 21.3 Å². The summed E-state index contributed by atoms with van der Waals surface area (Å²) in [6.45, 7) is 3.92. The molecule has 0 atom stereocenters. The van der Waals surface area contributed by atoms with Crippen LogP contribution >= 0.6 is 11.6 Å². The van der Waals surface area contributed by atoms with Gasteiger partial charge in [0.05, 0.1) is 44.0 Å². The van der Waals surface area contributed by atoms with Gasteiger partial charge in [0.15, 0.2) is 11.5 Å². The molecule has 8 nitrogen and oxygen atoms in total. The maximum Gasteiger partial charge on any atom is 0.258 e. The van der Waals surface area contributed by atoms with E-state index in [2.05, 4.69) is 10.2 Å². The first-order chi connectivity index (χ1) is 14.9. The summed E-state index contributed by atoms with van der Waals surface area (Å²) in [6, 6.07) is 10.2. The lowest BCUT2D eigenvalue weighted by molar-refractivity contribution is 0.0668. The first-order valence-corrected chi connectivity index (χ1v) is 9.95. The molecule has 3 rings (SSSR count). The topological polar surface area (TPSA) is 86.9 Å². The summed E-state index contributed by atoms with van der Waals surface area (Å²) in [6.07, 6.45) is 0. The Morgan fingerprint density at radius 2 is 1.68 bits per heavy atom. The normalized spacial score (nSPS) is 10.8. The molecule has 0 bridgehead atoms. The number of carbonyl (C=O) groups excluding carboxylic acids is 1. The summed E-state index contributed by atoms with van der Waals surface area (Å²) in [4.78, 5) is 15.0. The monoisotopic (exact) mass is 445 g/mol. The average molecular weight is 446 g/mol. The molecule has 31 heavy (non-hydrogen) atoms. The third-order valence-electron chi connectivity index (χ3n) is 4.70. The number of benzene rings is 2.